The lowest BCUT2D eigenvalue weighted by Gasteiger charge is -2.32. The molecule has 1 aromatic carbocycles. The Balaban J connectivity index is 0.00000420. The number of primary amides is 1. The van der Waals surface area contributed by atoms with Crippen LogP contribution in [0.15, 0.2) is 23.2 Å². The van der Waals surface area contributed by atoms with Gasteiger partial charge >= 0.3 is 6.03 Å². The first-order chi connectivity index (χ1) is 13.3. The first-order valence-electron chi connectivity index (χ1n) is 9.53. The van der Waals surface area contributed by atoms with Gasteiger partial charge in [-0.15, -0.1) is 24.0 Å². The minimum absolute atomic E-state index is 0. The van der Waals surface area contributed by atoms with E-state index >= 15 is 0 Å². The van der Waals surface area contributed by atoms with Crippen LogP contribution in [0, 0.1) is 11.6 Å². The van der Waals surface area contributed by atoms with Crippen LogP contribution < -0.4 is 16.4 Å². The summed E-state index contributed by atoms with van der Waals surface area (Å²) in [6.45, 7) is 3.99. The number of halogens is 3. The highest BCUT2D eigenvalue weighted by atomic mass is 127. The van der Waals surface area contributed by atoms with Gasteiger partial charge in [0, 0.05) is 31.2 Å². The van der Waals surface area contributed by atoms with Crippen molar-refractivity contribution in [3.05, 3.63) is 35.4 Å². The zero-order valence-electron chi connectivity index (χ0n) is 17.1. The maximum atomic E-state index is 14.2. The molecule has 1 fully saturated rings. The molecular weight excluding hydrogens is 493 g/mol. The maximum absolute atomic E-state index is 14.2. The van der Waals surface area contributed by atoms with Crippen molar-refractivity contribution < 1.29 is 13.6 Å². The Hall–Kier alpha value is -1.69. The van der Waals surface area contributed by atoms with Gasteiger partial charge in [-0.2, -0.15) is 0 Å². The standard InChI is InChI=1S/C19H30F2N6O.HI/c1-4-23-19(25-13-8-10-27(11-9-13)18(22)28)24-12-16(26(2)3)17-14(20)6-5-7-15(17)21;/h5-7,13,16H,4,8-12H2,1-3H3,(H2,22,28)(H2,23,24,25);1H. The largest absolute Gasteiger partial charge is 0.357 e. The van der Waals surface area contributed by atoms with E-state index in [-0.39, 0.29) is 42.1 Å². The summed E-state index contributed by atoms with van der Waals surface area (Å²) in [4.78, 5) is 19.2. The molecule has 0 saturated carbocycles. The second kappa shape index (κ2) is 12.1. The molecule has 7 nitrogen and oxygen atoms in total. The average molecular weight is 524 g/mol. The molecule has 4 N–H and O–H groups in total. The molecule has 1 unspecified atom stereocenters. The van der Waals surface area contributed by atoms with E-state index < -0.39 is 23.7 Å². The Bertz CT molecular complexity index is 675. The van der Waals surface area contributed by atoms with Gasteiger partial charge in [0.25, 0.3) is 0 Å². The number of rotatable bonds is 6. The number of piperidine rings is 1. The first-order valence-corrected chi connectivity index (χ1v) is 9.53. The third kappa shape index (κ3) is 7.25. The lowest BCUT2D eigenvalue weighted by molar-refractivity contribution is 0.188. The van der Waals surface area contributed by atoms with Crippen molar-refractivity contribution in [2.45, 2.75) is 31.8 Å². The summed E-state index contributed by atoms with van der Waals surface area (Å²) in [5.74, 6) is -0.569. The Labute approximate surface area is 188 Å². The van der Waals surface area contributed by atoms with Crippen LogP contribution in [0.2, 0.25) is 0 Å². The van der Waals surface area contributed by atoms with Gasteiger partial charge in [-0.1, -0.05) is 6.07 Å². The number of hydrogen-bond donors (Lipinski definition) is 3. The maximum Gasteiger partial charge on any atom is 0.314 e. The number of aliphatic imine (C=N–C) groups is 1. The second-order valence-electron chi connectivity index (χ2n) is 7.08. The molecule has 0 bridgehead atoms. The molecule has 0 radical (unpaired) electrons. The third-order valence-corrected chi connectivity index (χ3v) is 4.87. The fraction of sp³-hybridized carbons (Fsp3) is 0.579. The van der Waals surface area contributed by atoms with Crippen LogP contribution >= 0.6 is 24.0 Å². The summed E-state index contributed by atoms with van der Waals surface area (Å²) in [6.07, 6.45) is 1.51. The highest BCUT2D eigenvalue weighted by molar-refractivity contribution is 14.0. The molecule has 2 amide bonds. The fourth-order valence-electron chi connectivity index (χ4n) is 3.28. The Kier molecular flexibility index (Phi) is 10.6. The molecular formula is C19H31F2IN6O. The van der Waals surface area contributed by atoms with Crippen molar-refractivity contribution in [3.8, 4) is 0 Å². The highest BCUT2D eigenvalue weighted by Gasteiger charge is 2.24. The molecule has 0 aliphatic carbocycles. The van der Waals surface area contributed by atoms with Crippen molar-refractivity contribution in [3.63, 3.8) is 0 Å². The van der Waals surface area contributed by atoms with Crippen LogP contribution in [0.4, 0.5) is 13.6 Å². The minimum Gasteiger partial charge on any atom is -0.357 e. The Morgan fingerprint density at radius 3 is 2.38 bits per heavy atom. The van der Waals surface area contributed by atoms with Crippen LogP contribution in [0.3, 0.4) is 0 Å². The monoisotopic (exact) mass is 524 g/mol. The molecule has 0 spiro atoms. The predicted octanol–water partition coefficient (Wildman–Crippen LogP) is 2.28. The fourth-order valence-corrected chi connectivity index (χ4v) is 3.28. The van der Waals surface area contributed by atoms with Gasteiger partial charge in [0.05, 0.1) is 12.6 Å². The molecule has 1 heterocycles. The number of carbonyl (C=O) groups excluding carboxylic acids is 1. The van der Waals surface area contributed by atoms with Crippen LogP contribution in [0.25, 0.3) is 0 Å². The number of nitrogens with zero attached hydrogens (tertiary/aromatic N) is 3. The minimum atomic E-state index is -0.578. The third-order valence-electron chi connectivity index (χ3n) is 4.87. The van der Waals surface area contributed by atoms with Gasteiger partial charge in [0.2, 0.25) is 0 Å². The van der Waals surface area contributed by atoms with Crippen molar-refractivity contribution in [1.29, 1.82) is 0 Å². The van der Waals surface area contributed by atoms with Crippen LogP contribution in [0.5, 0.6) is 0 Å². The number of likely N-dealkylation sites (tertiary alicyclic amines) is 1. The molecule has 10 heteroatoms. The van der Waals surface area contributed by atoms with E-state index in [1.54, 1.807) is 23.9 Å². The molecule has 2 rings (SSSR count). The smallest absolute Gasteiger partial charge is 0.314 e. The van der Waals surface area contributed by atoms with E-state index in [9.17, 15) is 13.6 Å². The summed E-state index contributed by atoms with van der Waals surface area (Å²) >= 11 is 0. The normalized spacial score (nSPS) is 16.3. The van der Waals surface area contributed by atoms with Crippen molar-refractivity contribution in [2.24, 2.45) is 10.7 Å². The SMILES string of the molecule is CCNC(=NCC(c1c(F)cccc1F)N(C)C)NC1CCN(C(N)=O)CC1.I. The molecule has 1 aliphatic rings. The summed E-state index contributed by atoms with van der Waals surface area (Å²) in [6, 6.07) is 3.08. The average Bonchev–Trinajstić information content (AvgIpc) is 2.64. The van der Waals surface area contributed by atoms with E-state index in [2.05, 4.69) is 15.6 Å². The number of likely N-dealkylation sites (N-methyl/N-ethyl adjacent to an activating group) is 1. The van der Waals surface area contributed by atoms with E-state index in [0.29, 0.717) is 25.6 Å². The number of nitrogens with one attached hydrogen (secondary N) is 2. The summed E-state index contributed by atoms with van der Waals surface area (Å²) in [7, 11) is 3.54. The van der Waals surface area contributed by atoms with Gasteiger partial charge in [-0.3, -0.25) is 4.99 Å². The summed E-state index contributed by atoms with van der Waals surface area (Å²) in [5.41, 5.74) is 5.33. The molecule has 1 atom stereocenters. The Morgan fingerprint density at radius 2 is 1.90 bits per heavy atom. The molecule has 1 aliphatic heterocycles. The van der Waals surface area contributed by atoms with Gasteiger partial charge < -0.3 is 26.2 Å². The van der Waals surface area contributed by atoms with Crippen molar-refractivity contribution in [1.82, 2.24) is 20.4 Å². The Morgan fingerprint density at radius 1 is 1.31 bits per heavy atom. The topological polar surface area (TPSA) is 86.0 Å². The first kappa shape index (κ1) is 25.3. The van der Waals surface area contributed by atoms with Gasteiger partial charge in [0.15, 0.2) is 5.96 Å². The number of amides is 2. The summed E-state index contributed by atoms with van der Waals surface area (Å²) < 4.78 is 28.4. The number of hydrogen-bond acceptors (Lipinski definition) is 3. The predicted molar refractivity (Wildman–Crippen MR) is 121 cm³/mol. The van der Waals surface area contributed by atoms with Crippen LogP contribution in [-0.4, -0.2) is 68.1 Å². The van der Waals surface area contributed by atoms with E-state index in [1.165, 1.54) is 18.2 Å². The van der Waals surface area contributed by atoms with Gasteiger partial charge in [-0.05, 0) is 46.0 Å². The highest BCUT2D eigenvalue weighted by Crippen LogP contribution is 2.24. The zero-order chi connectivity index (χ0) is 20.7. The van der Waals surface area contributed by atoms with Crippen molar-refractivity contribution in [2.75, 3.05) is 40.3 Å². The number of guanidine groups is 1. The number of benzene rings is 1. The lowest BCUT2D eigenvalue weighted by Crippen LogP contribution is -2.50. The van der Waals surface area contributed by atoms with E-state index in [4.69, 9.17) is 5.73 Å². The number of urea groups is 1. The molecule has 29 heavy (non-hydrogen) atoms. The lowest BCUT2D eigenvalue weighted by atomic mass is 10.0. The number of carbonyl (C=O) groups is 1. The van der Waals surface area contributed by atoms with Gasteiger partial charge in [-0.25, -0.2) is 13.6 Å². The van der Waals surface area contributed by atoms with Crippen molar-refractivity contribution >= 4 is 36.0 Å². The van der Waals surface area contributed by atoms with E-state index in [0.717, 1.165) is 12.8 Å². The molecule has 0 aromatic heterocycles. The zero-order valence-corrected chi connectivity index (χ0v) is 19.5. The second-order valence-corrected chi connectivity index (χ2v) is 7.08. The molecule has 164 valence electrons. The van der Waals surface area contributed by atoms with Gasteiger partial charge in [0.1, 0.15) is 11.6 Å². The van der Waals surface area contributed by atoms with Crippen LogP contribution in [-0.2, 0) is 0 Å². The van der Waals surface area contributed by atoms with Crippen LogP contribution in [0.1, 0.15) is 31.4 Å². The quantitative estimate of drug-likeness (QED) is 0.303. The van der Waals surface area contributed by atoms with E-state index in [1.807, 2.05) is 6.92 Å². The number of nitrogens with two attached hydrogens (primary N) is 1. The summed E-state index contributed by atoms with van der Waals surface area (Å²) in [5, 5.41) is 6.51. The molecule has 1 aromatic rings. The molecule has 1 saturated heterocycles.